The van der Waals surface area contributed by atoms with Crippen molar-refractivity contribution >= 4 is 5.91 Å². The summed E-state index contributed by atoms with van der Waals surface area (Å²) in [5.74, 6) is 0.161. The van der Waals surface area contributed by atoms with Crippen molar-refractivity contribution in [1.29, 1.82) is 0 Å². The lowest BCUT2D eigenvalue weighted by molar-refractivity contribution is -0.128. The van der Waals surface area contributed by atoms with Gasteiger partial charge in [0.05, 0.1) is 6.04 Å². The van der Waals surface area contributed by atoms with Crippen LogP contribution >= 0.6 is 0 Å². The number of likely N-dealkylation sites (tertiary alicyclic amines) is 1. The van der Waals surface area contributed by atoms with Gasteiger partial charge >= 0.3 is 0 Å². The molecule has 0 radical (unpaired) electrons. The van der Waals surface area contributed by atoms with E-state index in [1.54, 1.807) is 0 Å². The van der Waals surface area contributed by atoms with Crippen LogP contribution in [0, 0.1) is 5.41 Å². The molecule has 2 fully saturated rings. The highest BCUT2D eigenvalue weighted by Gasteiger charge is 2.34. The van der Waals surface area contributed by atoms with Crippen LogP contribution in [0.4, 0.5) is 0 Å². The van der Waals surface area contributed by atoms with Gasteiger partial charge in [0.1, 0.15) is 0 Å². The minimum Gasteiger partial charge on any atom is -0.396 e. The fourth-order valence-electron chi connectivity index (χ4n) is 3.37. The van der Waals surface area contributed by atoms with Gasteiger partial charge in [-0.05, 0) is 39.2 Å². The summed E-state index contributed by atoms with van der Waals surface area (Å²) in [5, 5.41) is 12.7. The number of aliphatic hydroxyl groups is 1. The van der Waals surface area contributed by atoms with Crippen LogP contribution in [0.3, 0.4) is 0 Å². The molecular weight excluding hydrogens is 240 g/mol. The Kier molecular flexibility index (Phi) is 4.85. The van der Waals surface area contributed by atoms with Gasteiger partial charge in [0.25, 0.3) is 0 Å². The molecule has 1 aliphatic heterocycles. The highest BCUT2D eigenvalue weighted by molar-refractivity contribution is 5.81. The molecule has 1 heterocycles. The van der Waals surface area contributed by atoms with Gasteiger partial charge in [-0.15, -0.1) is 0 Å². The van der Waals surface area contributed by atoms with E-state index in [0.29, 0.717) is 6.04 Å². The Morgan fingerprint density at radius 2 is 2.11 bits per heavy atom. The number of nitrogens with zero attached hydrogens (tertiary/aromatic N) is 1. The van der Waals surface area contributed by atoms with Gasteiger partial charge in [-0.3, -0.25) is 9.69 Å². The van der Waals surface area contributed by atoms with Crippen molar-refractivity contribution in [1.82, 2.24) is 10.2 Å². The summed E-state index contributed by atoms with van der Waals surface area (Å²) in [6, 6.07) is 0.316. The Hall–Kier alpha value is -0.610. The van der Waals surface area contributed by atoms with E-state index < -0.39 is 0 Å². The molecule has 0 aromatic heterocycles. The molecule has 2 rings (SSSR count). The van der Waals surface area contributed by atoms with Crippen molar-refractivity contribution in [3.63, 3.8) is 0 Å². The number of nitrogens with one attached hydrogen (secondary N) is 1. The maximum absolute atomic E-state index is 12.3. The lowest BCUT2D eigenvalue weighted by atomic mass is 9.82. The number of piperidine rings is 1. The zero-order valence-electron chi connectivity index (χ0n) is 12.3. The third kappa shape index (κ3) is 3.69. The normalized spacial score (nSPS) is 31.3. The third-order valence-corrected chi connectivity index (χ3v) is 4.82. The number of amides is 1. The predicted octanol–water partition coefficient (Wildman–Crippen LogP) is 1.53. The number of carbonyl (C=O) groups excluding carboxylic acids is 1. The smallest absolute Gasteiger partial charge is 0.237 e. The second-order valence-electron chi connectivity index (χ2n) is 6.71. The highest BCUT2D eigenvalue weighted by Crippen LogP contribution is 2.29. The zero-order valence-corrected chi connectivity index (χ0v) is 12.3. The number of hydrogen-bond acceptors (Lipinski definition) is 3. The molecule has 2 N–H and O–H groups in total. The van der Waals surface area contributed by atoms with Crippen molar-refractivity contribution in [2.45, 2.75) is 64.5 Å². The van der Waals surface area contributed by atoms with E-state index in [1.807, 2.05) is 6.92 Å². The van der Waals surface area contributed by atoms with Gasteiger partial charge in [0, 0.05) is 24.6 Å². The van der Waals surface area contributed by atoms with Gasteiger partial charge in [-0.2, -0.15) is 0 Å². The van der Waals surface area contributed by atoms with Gasteiger partial charge in [-0.1, -0.05) is 19.8 Å². The average Bonchev–Trinajstić information content (AvgIpc) is 2.90. The molecule has 1 saturated heterocycles. The Morgan fingerprint density at radius 3 is 2.74 bits per heavy atom. The van der Waals surface area contributed by atoms with E-state index >= 15 is 0 Å². The topological polar surface area (TPSA) is 52.6 Å². The van der Waals surface area contributed by atoms with Crippen molar-refractivity contribution in [2.75, 3.05) is 19.7 Å². The summed E-state index contributed by atoms with van der Waals surface area (Å²) >= 11 is 0. The van der Waals surface area contributed by atoms with E-state index in [-0.39, 0.29) is 24.0 Å². The van der Waals surface area contributed by atoms with E-state index in [4.69, 9.17) is 0 Å². The largest absolute Gasteiger partial charge is 0.396 e. The van der Waals surface area contributed by atoms with E-state index in [1.165, 1.54) is 12.8 Å². The molecule has 0 aromatic rings. The van der Waals surface area contributed by atoms with Gasteiger partial charge < -0.3 is 10.4 Å². The van der Waals surface area contributed by atoms with Crippen LogP contribution in [0.15, 0.2) is 0 Å². The lowest BCUT2D eigenvalue weighted by Crippen LogP contribution is -2.53. The zero-order chi connectivity index (χ0) is 13.9. The Labute approximate surface area is 116 Å². The first-order chi connectivity index (χ1) is 9.04. The van der Waals surface area contributed by atoms with Gasteiger partial charge in [0.15, 0.2) is 0 Å². The van der Waals surface area contributed by atoms with Crippen LogP contribution in [0.1, 0.15) is 52.4 Å². The van der Waals surface area contributed by atoms with Crippen molar-refractivity contribution in [3.8, 4) is 0 Å². The van der Waals surface area contributed by atoms with Crippen molar-refractivity contribution in [3.05, 3.63) is 0 Å². The maximum Gasteiger partial charge on any atom is 0.237 e. The van der Waals surface area contributed by atoms with Crippen LogP contribution in [0.2, 0.25) is 0 Å². The molecule has 2 atom stereocenters. The second kappa shape index (κ2) is 6.23. The molecule has 1 amide bonds. The van der Waals surface area contributed by atoms with Crippen LogP contribution in [-0.4, -0.2) is 47.7 Å². The summed E-state index contributed by atoms with van der Waals surface area (Å²) < 4.78 is 0. The first kappa shape index (κ1) is 14.8. The Morgan fingerprint density at radius 1 is 1.42 bits per heavy atom. The first-order valence-electron chi connectivity index (χ1n) is 7.69. The summed E-state index contributed by atoms with van der Waals surface area (Å²) in [6.07, 6.45) is 6.87. The molecular formula is C15H28N2O2. The van der Waals surface area contributed by atoms with E-state index in [9.17, 15) is 9.90 Å². The minimum absolute atomic E-state index is 0.0415. The molecule has 2 unspecified atom stereocenters. The molecule has 19 heavy (non-hydrogen) atoms. The fourth-order valence-corrected chi connectivity index (χ4v) is 3.37. The first-order valence-corrected chi connectivity index (χ1v) is 7.69. The minimum atomic E-state index is -0.0771. The Balaban J connectivity index is 1.87. The number of rotatable bonds is 4. The molecule has 4 heteroatoms. The average molecular weight is 268 g/mol. The highest BCUT2D eigenvalue weighted by atomic mass is 16.3. The van der Waals surface area contributed by atoms with Crippen LogP contribution in [0.5, 0.6) is 0 Å². The van der Waals surface area contributed by atoms with E-state index in [2.05, 4.69) is 17.1 Å². The summed E-state index contributed by atoms with van der Waals surface area (Å²) in [7, 11) is 0. The number of hydrogen-bond donors (Lipinski definition) is 2. The van der Waals surface area contributed by atoms with Crippen LogP contribution in [-0.2, 0) is 4.79 Å². The molecule has 0 spiro atoms. The molecule has 110 valence electrons. The molecule has 1 saturated carbocycles. The molecule has 0 bridgehead atoms. The maximum atomic E-state index is 12.3. The standard InChI is InChI=1S/C15H28N2O2/c1-12(14(19)16-13-6-3-4-7-13)17-9-5-8-15(2,10-17)11-18/h12-13,18H,3-11H2,1-2H3,(H,16,19). The quantitative estimate of drug-likeness (QED) is 0.813. The summed E-state index contributed by atoms with van der Waals surface area (Å²) in [6.45, 7) is 6.10. The molecule has 2 aliphatic rings. The van der Waals surface area contributed by atoms with Crippen molar-refractivity contribution in [2.24, 2.45) is 5.41 Å². The third-order valence-electron chi connectivity index (χ3n) is 4.82. The predicted molar refractivity (Wildman–Crippen MR) is 75.9 cm³/mol. The lowest BCUT2D eigenvalue weighted by Gasteiger charge is -2.41. The fraction of sp³-hybridized carbons (Fsp3) is 0.933. The van der Waals surface area contributed by atoms with Gasteiger partial charge in [-0.25, -0.2) is 0 Å². The Bertz CT molecular complexity index is 315. The SMILES string of the molecule is CC(C(=O)NC1CCCC1)N1CCCC(C)(CO)C1. The molecule has 1 aliphatic carbocycles. The van der Waals surface area contributed by atoms with Crippen LogP contribution < -0.4 is 5.32 Å². The number of aliphatic hydroxyl groups excluding tert-OH is 1. The monoisotopic (exact) mass is 268 g/mol. The molecule has 0 aromatic carbocycles. The summed E-state index contributed by atoms with van der Waals surface area (Å²) in [4.78, 5) is 14.5. The number of carbonyl (C=O) groups is 1. The second-order valence-corrected chi connectivity index (χ2v) is 6.71. The van der Waals surface area contributed by atoms with E-state index in [0.717, 1.165) is 38.8 Å². The molecule has 4 nitrogen and oxygen atoms in total. The van der Waals surface area contributed by atoms with Crippen LogP contribution in [0.25, 0.3) is 0 Å². The summed E-state index contributed by atoms with van der Waals surface area (Å²) in [5.41, 5.74) is -0.0415. The van der Waals surface area contributed by atoms with Gasteiger partial charge in [0.2, 0.25) is 5.91 Å². The van der Waals surface area contributed by atoms with Crippen molar-refractivity contribution < 1.29 is 9.90 Å².